The van der Waals surface area contributed by atoms with Crippen molar-refractivity contribution in [2.45, 2.75) is 64.6 Å². The molecule has 0 aliphatic heterocycles. The molecule has 0 spiro atoms. The third-order valence-corrected chi connectivity index (χ3v) is 6.01. The van der Waals surface area contributed by atoms with E-state index in [9.17, 15) is 9.59 Å². The fraction of sp³-hybridized carbons (Fsp3) is 0.407. The van der Waals surface area contributed by atoms with Gasteiger partial charge in [0.25, 0.3) is 0 Å². The molecule has 1 aliphatic rings. The van der Waals surface area contributed by atoms with E-state index in [1.165, 1.54) is 25.3 Å². The number of esters is 2. The second-order valence-corrected chi connectivity index (χ2v) is 8.76. The number of carbonyl (C=O) groups is 2. The van der Waals surface area contributed by atoms with Gasteiger partial charge >= 0.3 is 11.9 Å². The van der Waals surface area contributed by atoms with E-state index >= 15 is 0 Å². The van der Waals surface area contributed by atoms with Gasteiger partial charge < -0.3 is 20.9 Å². The summed E-state index contributed by atoms with van der Waals surface area (Å²) in [7, 11) is 0. The third kappa shape index (κ3) is 7.97. The van der Waals surface area contributed by atoms with Crippen molar-refractivity contribution < 1.29 is 19.1 Å². The molecule has 2 aromatic carbocycles. The van der Waals surface area contributed by atoms with Crippen molar-refractivity contribution in [2.24, 2.45) is 5.92 Å². The van der Waals surface area contributed by atoms with E-state index in [0.717, 1.165) is 42.7 Å². The maximum absolute atomic E-state index is 12.5. The summed E-state index contributed by atoms with van der Waals surface area (Å²) in [5.41, 5.74) is 14.6. The minimum atomic E-state index is -0.478. The molecular formula is C27H34N2O4. The number of ether oxygens (including phenoxy) is 2. The van der Waals surface area contributed by atoms with Crippen LogP contribution in [-0.4, -0.2) is 18.0 Å². The Morgan fingerprint density at radius 3 is 2.30 bits per heavy atom. The van der Waals surface area contributed by atoms with Crippen molar-refractivity contribution in [3.63, 3.8) is 0 Å². The van der Waals surface area contributed by atoms with Gasteiger partial charge in [0.15, 0.2) is 0 Å². The molecule has 6 nitrogen and oxygen atoms in total. The fourth-order valence-electron chi connectivity index (χ4n) is 4.18. The second-order valence-electron chi connectivity index (χ2n) is 8.76. The Hall–Kier alpha value is -3.28. The van der Waals surface area contributed by atoms with Crippen LogP contribution in [0.2, 0.25) is 0 Å². The number of carbonyl (C=O) groups excluding carboxylic acids is 2. The van der Waals surface area contributed by atoms with Crippen molar-refractivity contribution in [2.75, 3.05) is 11.5 Å². The SMILES string of the molecule is CCCCC1CCC(OC(=O)c2ccc(/C=C/C(=O)OCc3cc(N)cc(N)c3)cc2)CC1. The predicted octanol–water partition coefficient (Wildman–Crippen LogP) is 5.51. The summed E-state index contributed by atoms with van der Waals surface area (Å²) in [5, 5.41) is 0. The van der Waals surface area contributed by atoms with Crippen LogP contribution in [-0.2, 0) is 20.9 Å². The van der Waals surface area contributed by atoms with Crippen LogP contribution in [0, 0.1) is 5.92 Å². The first-order chi connectivity index (χ1) is 15.9. The first-order valence-electron chi connectivity index (χ1n) is 11.7. The number of benzene rings is 2. The second kappa shape index (κ2) is 12.1. The van der Waals surface area contributed by atoms with Crippen LogP contribution in [0.3, 0.4) is 0 Å². The van der Waals surface area contributed by atoms with E-state index < -0.39 is 5.97 Å². The highest BCUT2D eigenvalue weighted by Gasteiger charge is 2.24. The molecule has 176 valence electrons. The van der Waals surface area contributed by atoms with Crippen LogP contribution in [0.5, 0.6) is 0 Å². The lowest BCUT2D eigenvalue weighted by molar-refractivity contribution is -0.138. The number of rotatable bonds is 9. The third-order valence-electron chi connectivity index (χ3n) is 6.01. The van der Waals surface area contributed by atoms with Crippen LogP contribution >= 0.6 is 0 Å². The Labute approximate surface area is 195 Å². The molecule has 4 N–H and O–H groups in total. The molecular weight excluding hydrogens is 416 g/mol. The Kier molecular flexibility index (Phi) is 8.93. The fourth-order valence-corrected chi connectivity index (χ4v) is 4.18. The first kappa shape index (κ1) is 24.4. The number of nitrogens with two attached hydrogens (primary N) is 2. The Balaban J connectivity index is 1.44. The summed E-state index contributed by atoms with van der Waals surface area (Å²) >= 11 is 0. The number of unbranched alkanes of at least 4 members (excludes halogenated alkanes) is 1. The van der Waals surface area contributed by atoms with Crippen molar-refractivity contribution in [1.29, 1.82) is 0 Å². The highest BCUT2D eigenvalue weighted by Crippen LogP contribution is 2.30. The number of hydrogen-bond donors (Lipinski definition) is 2. The van der Waals surface area contributed by atoms with Crippen LogP contribution in [0.25, 0.3) is 6.08 Å². The Morgan fingerprint density at radius 1 is 1.00 bits per heavy atom. The van der Waals surface area contributed by atoms with Crippen molar-refractivity contribution in [1.82, 2.24) is 0 Å². The van der Waals surface area contributed by atoms with Crippen molar-refractivity contribution in [3.05, 3.63) is 65.2 Å². The molecule has 0 saturated heterocycles. The monoisotopic (exact) mass is 450 g/mol. The van der Waals surface area contributed by atoms with Crippen molar-refractivity contribution >= 4 is 29.4 Å². The van der Waals surface area contributed by atoms with E-state index in [4.69, 9.17) is 20.9 Å². The Bertz CT molecular complexity index is 940. The quantitative estimate of drug-likeness (QED) is 0.296. The highest BCUT2D eigenvalue weighted by molar-refractivity contribution is 5.90. The van der Waals surface area contributed by atoms with Crippen LogP contribution < -0.4 is 11.5 Å². The minimum absolute atomic E-state index is 0.0139. The largest absolute Gasteiger partial charge is 0.459 e. The summed E-state index contributed by atoms with van der Waals surface area (Å²) in [6.07, 6.45) is 11.0. The van der Waals surface area contributed by atoms with E-state index in [1.807, 2.05) is 0 Å². The van der Waals surface area contributed by atoms with Gasteiger partial charge in [-0.3, -0.25) is 0 Å². The zero-order chi connectivity index (χ0) is 23.6. The summed E-state index contributed by atoms with van der Waals surface area (Å²) in [4.78, 5) is 24.5. The molecule has 0 aromatic heterocycles. The van der Waals surface area contributed by atoms with Gasteiger partial charge in [-0.2, -0.15) is 0 Å². The lowest BCUT2D eigenvalue weighted by Crippen LogP contribution is -2.24. The van der Waals surface area contributed by atoms with Crippen LogP contribution in [0.1, 0.15) is 73.4 Å². The van der Waals surface area contributed by atoms with Gasteiger partial charge in [0.2, 0.25) is 0 Å². The maximum Gasteiger partial charge on any atom is 0.338 e. The van der Waals surface area contributed by atoms with Gasteiger partial charge in [-0.15, -0.1) is 0 Å². The average molecular weight is 451 g/mol. The molecule has 33 heavy (non-hydrogen) atoms. The molecule has 0 bridgehead atoms. The molecule has 0 heterocycles. The summed E-state index contributed by atoms with van der Waals surface area (Å²) < 4.78 is 10.9. The summed E-state index contributed by atoms with van der Waals surface area (Å²) in [6.45, 7) is 2.31. The van der Waals surface area contributed by atoms with Gasteiger partial charge in [-0.25, -0.2) is 9.59 Å². The topological polar surface area (TPSA) is 105 Å². The van der Waals surface area contributed by atoms with Gasteiger partial charge in [0, 0.05) is 17.5 Å². The van der Waals surface area contributed by atoms with Crippen LogP contribution in [0.15, 0.2) is 48.5 Å². The zero-order valence-electron chi connectivity index (χ0n) is 19.3. The first-order valence-corrected chi connectivity index (χ1v) is 11.7. The molecule has 0 amide bonds. The van der Waals surface area contributed by atoms with E-state index in [1.54, 1.807) is 48.5 Å². The molecule has 3 rings (SSSR count). The number of nitrogen functional groups attached to an aromatic ring is 2. The molecule has 1 aliphatic carbocycles. The summed E-state index contributed by atoms with van der Waals surface area (Å²) in [5.74, 6) is 0.0130. The highest BCUT2D eigenvalue weighted by atomic mass is 16.5. The van der Waals surface area contributed by atoms with Gasteiger partial charge in [-0.1, -0.05) is 38.3 Å². The minimum Gasteiger partial charge on any atom is -0.459 e. The normalized spacial score (nSPS) is 18.2. The van der Waals surface area contributed by atoms with E-state index in [0.29, 0.717) is 16.9 Å². The molecule has 0 radical (unpaired) electrons. The number of hydrogen-bond acceptors (Lipinski definition) is 6. The van der Waals surface area contributed by atoms with Gasteiger partial charge in [0.05, 0.1) is 5.56 Å². The average Bonchev–Trinajstić information content (AvgIpc) is 2.80. The van der Waals surface area contributed by atoms with Gasteiger partial charge in [-0.05, 0) is 79.1 Å². The number of anilines is 2. The summed E-state index contributed by atoms with van der Waals surface area (Å²) in [6, 6.07) is 12.1. The molecule has 1 fully saturated rings. The molecule has 0 atom stereocenters. The standard InChI is InChI=1S/C27H34N2O4/c1-2-3-4-19-7-12-25(13-8-19)33-27(31)22-10-5-20(6-11-22)9-14-26(30)32-18-21-15-23(28)17-24(29)16-21/h5-6,9-11,14-17,19,25H,2-4,7-8,12-13,18,28-29H2,1H3/b14-9+. The molecule has 2 aromatic rings. The molecule has 6 heteroatoms. The van der Waals surface area contributed by atoms with Crippen molar-refractivity contribution in [3.8, 4) is 0 Å². The smallest absolute Gasteiger partial charge is 0.338 e. The van der Waals surface area contributed by atoms with E-state index in [2.05, 4.69) is 6.92 Å². The van der Waals surface area contributed by atoms with E-state index in [-0.39, 0.29) is 18.7 Å². The maximum atomic E-state index is 12.5. The lowest BCUT2D eigenvalue weighted by Gasteiger charge is -2.28. The predicted molar refractivity (Wildman–Crippen MR) is 131 cm³/mol. The lowest BCUT2D eigenvalue weighted by atomic mass is 9.84. The van der Waals surface area contributed by atoms with Gasteiger partial charge in [0.1, 0.15) is 12.7 Å². The molecule has 1 saturated carbocycles. The zero-order valence-corrected chi connectivity index (χ0v) is 19.3. The molecule has 0 unspecified atom stereocenters. The Morgan fingerprint density at radius 2 is 1.67 bits per heavy atom. The van der Waals surface area contributed by atoms with Crippen LogP contribution in [0.4, 0.5) is 11.4 Å².